The van der Waals surface area contributed by atoms with E-state index in [0.717, 1.165) is 35.8 Å². The number of likely N-dealkylation sites (tertiary alicyclic amines) is 1. The van der Waals surface area contributed by atoms with Crippen LogP contribution in [0.5, 0.6) is 5.75 Å². The van der Waals surface area contributed by atoms with Crippen LogP contribution >= 0.6 is 27.2 Å². The Kier molecular flexibility index (Phi) is 9.77. The van der Waals surface area contributed by atoms with Crippen molar-refractivity contribution in [3.63, 3.8) is 0 Å². The molecule has 1 N–H and O–H groups in total. The third-order valence-corrected chi connectivity index (χ3v) is 5.53. The van der Waals surface area contributed by atoms with Crippen molar-refractivity contribution in [1.29, 1.82) is 0 Å². The molecule has 0 aromatic heterocycles. The van der Waals surface area contributed by atoms with E-state index in [0.29, 0.717) is 14.3 Å². The zero-order valence-corrected chi connectivity index (χ0v) is 17.9. The number of benzene rings is 2. The molecule has 0 radical (unpaired) electrons. The number of para-hydroxylation sites is 1. The van der Waals surface area contributed by atoms with Crippen LogP contribution in [0, 0.1) is 5.82 Å². The molecule has 0 spiro atoms. The van der Waals surface area contributed by atoms with Gasteiger partial charge in [0.05, 0.1) is 0 Å². The predicted octanol–water partition coefficient (Wildman–Crippen LogP) is 4.52. The van der Waals surface area contributed by atoms with Crippen LogP contribution in [0.1, 0.15) is 24.8 Å². The molecule has 1 atom stereocenters. The zero-order chi connectivity index (χ0) is 18.1. The topological polar surface area (TPSA) is 23.5 Å². The number of hydrogen-bond donors (Lipinski definition) is 1. The number of hydrogen-bond acceptors (Lipinski definition) is 2. The molecule has 1 heterocycles. The van der Waals surface area contributed by atoms with Gasteiger partial charge in [-0.2, -0.15) is 0 Å². The summed E-state index contributed by atoms with van der Waals surface area (Å²) in [6, 6.07) is 12.4. The van der Waals surface area contributed by atoms with E-state index in [1.807, 2.05) is 24.3 Å². The summed E-state index contributed by atoms with van der Waals surface area (Å²) in [5.74, 6) is 0.131. The van der Waals surface area contributed by atoms with Crippen molar-refractivity contribution in [2.75, 3.05) is 13.1 Å². The van der Waals surface area contributed by atoms with Gasteiger partial charge in [-0.15, -0.1) is 0 Å². The number of aromatic hydroxyl groups is 1. The summed E-state index contributed by atoms with van der Waals surface area (Å²) in [5.41, 5.74) is 1.04. The average molecular weight is 436 g/mol. The summed E-state index contributed by atoms with van der Waals surface area (Å²) in [5, 5.41) is 12.0. The Balaban J connectivity index is 0.000000701. The number of phenols is 1. The maximum atomic E-state index is 13.7. The molecule has 1 aliphatic rings. The molecule has 3 rings (SSSR count). The zero-order valence-electron chi connectivity index (χ0n) is 13.8. The molecule has 2 aromatic carbocycles. The fourth-order valence-corrected chi connectivity index (χ4v) is 4.06. The van der Waals surface area contributed by atoms with E-state index in [4.69, 9.17) is 18.6 Å². The number of nitrogens with zero attached hydrogens (tertiary/aromatic N) is 1. The average Bonchev–Trinajstić information content (AvgIpc) is 2.61. The van der Waals surface area contributed by atoms with Crippen LogP contribution in [0.4, 0.5) is 4.39 Å². The van der Waals surface area contributed by atoms with Crippen molar-refractivity contribution in [3.05, 3.63) is 53.8 Å². The Morgan fingerprint density at radius 1 is 1.04 bits per heavy atom. The molecule has 0 amide bonds. The summed E-state index contributed by atoms with van der Waals surface area (Å²) in [6.07, 6.45) is 3.75. The fourth-order valence-electron chi connectivity index (χ4n) is 2.90. The van der Waals surface area contributed by atoms with Crippen molar-refractivity contribution < 1.29 is 26.5 Å². The maximum absolute atomic E-state index is 13.7. The molecule has 0 aliphatic carbocycles. The number of halogens is 3. The fraction of sp³-hybridized carbons (Fsp3) is 0.333. The molecule has 25 heavy (non-hydrogen) atoms. The Bertz CT molecular complexity index is 671. The van der Waals surface area contributed by atoms with Crippen LogP contribution in [0.3, 0.4) is 0 Å². The van der Waals surface area contributed by atoms with Crippen molar-refractivity contribution >= 4 is 37.8 Å². The molecule has 134 valence electrons. The van der Waals surface area contributed by atoms with Gasteiger partial charge in [0.1, 0.15) is 11.6 Å². The second kappa shape index (κ2) is 11.5. The first-order valence-electron chi connectivity index (χ1n) is 8.16. The monoisotopic (exact) mass is 435 g/mol. The van der Waals surface area contributed by atoms with Gasteiger partial charge in [0.15, 0.2) is 0 Å². The van der Waals surface area contributed by atoms with Gasteiger partial charge in [0.2, 0.25) is 0 Å². The first-order valence-corrected chi connectivity index (χ1v) is 13.5. The SMILES string of the molecule is Oc1ccccc1Pc1ccc(F)cc1CN1CCCCC1.[Cl][Ti][Cl]. The summed E-state index contributed by atoms with van der Waals surface area (Å²) in [7, 11) is 10.1. The van der Waals surface area contributed by atoms with E-state index in [1.54, 1.807) is 12.1 Å². The van der Waals surface area contributed by atoms with E-state index < -0.39 is 17.0 Å². The van der Waals surface area contributed by atoms with Crippen LogP contribution in [0.25, 0.3) is 0 Å². The van der Waals surface area contributed by atoms with Gasteiger partial charge < -0.3 is 5.11 Å². The third kappa shape index (κ3) is 7.17. The molecule has 1 unspecified atom stereocenters. The van der Waals surface area contributed by atoms with Crippen LogP contribution in [-0.4, -0.2) is 23.1 Å². The van der Waals surface area contributed by atoms with Gasteiger partial charge >= 0.3 is 35.6 Å². The Labute approximate surface area is 167 Å². The standard InChI is InChI=1S/C18H21FNOP.2ClH.Ti/c19-15-8-9-17(22-18-7-3-2-6-16(18)21)14(12-15)13-20-10-4-1-5-11-20;;;/h2-3,6-9,12,21-22H,1,4-5,10-11,13H2;2*1H;/q;;;+2/p-2. The molecule has 2 nitrogen and oxygen atoms in total. The molecular weight excluding hydrogens is 415 g/mol. The second-order valence-corrected chi connectivity index (χ2v) is 9.76. The van der Waals surface area contributed by atoms with Crippen LogP contribution in [-0.2, 0) is 23.6 Å². The predicted molar refractivity (Wildman–Crippen MR) is 103 cm³/mol. The number of piperidine rings is 1. The summed E-state index contributed by atoms with van der Waals surface area (Å²) in [4.78, 5) is 2.40. The molecule has 7 heteroatoms. The summed E-state index contributed by atoms with van der Waals surface area (Å²) in [6.45, 7) is 2.99. The molecule has 2 aromatic rings. The molecule has 1 saturated heterocycles. The molecule has 0 saturated carbocycles. The van der Waals surface area contributed by atoms with Gasteiger partial charge in [-0.3, -0.25) is 4.90 Å². The van der Waals surface area contributed by atoms with Gasteiger partial charge in [-0.1, -0.05) is 39.3 Å². The van der Waals surface area contributed by atoms with Crippen molar-refractivity contribution in [1.82, 2.24) is 4.90 Å². The molecule has 0 bridgehead atoms. The first kappa shape index (κ1) is 21.2. The Morgan fingerprint density at radius 3 is 2.40 bits per heavy atom. The van der Waals surface area contributed by atoms with Gasteiger partial charge in [0.25, 0.3) is 0 Å². The van der Waals surface area contributed by atoms with Gasteiger partial charge in [-0.05, 0) is 55.0 Å². The number of phenolic OH excluding ortho intramolecular Hbond substituents is 1. The van der Waals surface area contributed by atoms with E-state index >= 15 is 0 Å². The van der Waals surface area contributed by atoms with Crippen LogP contribution in [0.15, 0.2) is 42.5 Å². The van der Waals surface area contributed by atoms with E-state index in [2.05, 4.69) is 4.90 Å². The van der Waals surface area contributed by atoms with Crippen molar-refractivity contribution in [3.8, 4) is 5.75 Å². The van der Waals surface area contributed by atoms with Crippen molar-refractivity contribution in [2.45, 2.75) is 25.8 Å². The normalized spacial score (nSPS) is 15.0. The summed E-state index contributed by atoms with van der Waals surface area (Å²) < 4.78 is 13.7. The number of rotatable bonds is 4. The minimum atomic E-state index is -0.556. The van der Waals surface area contributed by atoms with Crippen LogP contribution < -0.4 is 10.6 Å². The molecule has 1 fully saturated rings. The molecule has 1 aliphatic heterocycles. The van der Waals surface area contributed by atoms with Crippen LogP contribution in [0.2, 0.25) is 0 Å². The minimum absolute atomic E-state index is 0.183. The summed E-state index contributed by atoms with van der Waals surface area (Å²) >= 11 is -0.556. The van der Waals surface area contributed by atoms with Crippen molar-refractivity contribution in [2.24, 2.45) is 0 Å². The Hall–Kier alpha value is -0.146. The Morgan fingerprint density at radius 2 is 1.72 bits per heavy atom. The van der Waals surface area contributed by atoms with E-state index in [9.17, 15) is 9.50 Å². The molecular formula is C18H21Cl2FNOPTi. The van der Waals surface area contributed by atoms with Gasteiger partial charge in [0, 0.05) is 11.8 Å². The third-order valence-electron chi connectivity index (χ3n) is 4.08. The first-order chi connectivity index (χ1) is 12.1. The van der Waals surface area contributed by atoms with E-state index in [-0.39, 0.29) is 5.82 Å². The quantitative estimate of drug-likeness (QED) is 0.563. The van der Waals surface area contributed by atoms with Gasteiger partial charge in [-0.25, -0.2) is 4.39 Å². The second-order valence-electron chi connectivity index (χ2n) is 5.85. The van der Waals surface area contributed by atoms with E-state index in [1.165, 1.54) is 25.3 Å².